The van der Waals surface area contributed by atoms with E-state index in [9.17, 15) is 17.6 Å². The van der Waals surface area contributed by atoms with Crippen molar-refractivity contribution in [1.82, 2.24) is 0 Å². The molecule has 1 aliphatic rings. The lowest BCUT2D eigenvalue weighted by atomic mass is 10.2. The molecule has 0 atom stereocenters. The number of nitrogens with two attached hydrogens (primary N) is 1. The summed E-state index contributed by atoms with van der Waals surface area (Å²) in [7, 11) is -3.74. The van der Waals surface area contributed by atoms with E-state index in [0.29, 0.717) is 12.2 Å². The van der Waals surface area contributed by atoms with Crippen molar-refractivity contribution in [1.29, 1.82) is 0 Å². The number of amides is 1. The van der Waals surface area contributed by atoms with Crippen molar-refractivity contribution < 1.29 is 22.5 Å². The number of carbonyl (C=O) groups is 1. The summed E-state index contributed by atoms with van der Waals surface area (Å²) < 4.78 is 35.5. The minimum atomic E-state index is -3.74. The monoisotopic (exact) mass is 393 g/mol. The molecule has 9 heteroatoms. The van der Waals surface area contributed by atoms with Crippen LogP contribution in [0, 0.1) is 5.82 Å². The van der Waals surface area contributed by atoms with Gasteiger partial charge in [-0.15, -0.1) is 0 Å². The highest BCUT2D eigenvalue weighted by Gasteiger charge is 2.22. The fourth-order valence-electron chi connectivity index (χ4n) is 3.07. The first-order valence-electron chi connectivity index (χ1n) is 8.58. The van der Waals surface area contributed by atoms with Gasteiger partial charge in [0, 0.05) is 11.4 Å². The van der Waals surface area contributed by atoms with Gasteiger partial charge in [-0.25, -0.2) is 17.9 Å². The number of piperazine rings is 1. The van der Waals surface area contributed by atoms with Crippen LogP contribution in [0.25, 0.3) is 0 Å². The maximum atomic E-state index is 13.0. The minimum absolute atomic E-state index is 0.00281. The number of halogens is 1. The third kappa shape index (κ3) is 5.25. The van der Waals surface area contributed by atoms with Gasteiger partial charge in [0.2, 0.25) is 10.0 Å². The molecule has 1 aliphatic heterocycles. The molecule has 27 heavy (non-hydrogen) atoms. The molecule has 0 aromatic heterocycles. The zero-order chi connectivity index (χ0) is 19.4. The Hall–Kier alpha value is -2.49. The number of sulfonamides is 1. The first kappa shape index (κ1) is 19.3. The number of rotatable bonds is 5. The smallest absolute Gasteiger partial charge is 0.279 e. The molecule has 3 rings (SSSR count). The van der Waals surface area contributed by atoms with Crippen LogP contribution in [0.2, 0.25) is 0 Å². The fraction of sp³-hybridized carbons (Fsp3) is 0.278. The van der Waals surface area contributed by atoms with Gasteiger partial charge in [0.05, 0.1) is 31.1 Å². The van der Waals surface area contributed by atoms with Crippen molar-refractivity contribution in [3.63, 3.8) is 0 Å². The lowest BCUT2D eigenvalue weighted by Crippen LogP contribution is -3.15. The fourth-order valence-corrected chi connectivity index (χ4v) is 3.59. The number of anilines is 2. The second kappa shape index (κ2) is 8.03. The molecule has 4 N–H and O–H groups in total. The normalized spacial score (nSPS) is 15.6. The van der Waals surface area contributed by atoms with Crippen LogP contribution in [0.5, 0.6) is 0 Å². The molecule has 1 fully saturated rings. The number of nitrogens with one attached hydrogen (secondary N) is 2. The van der Waals surface area contributed by atoms with E-state index in [-0.39, 0.29) is 16.6 Å². The van der Waals surface area contributed by atoms with Crippen molar-refractivity contribution >= 4 is 27.3 Å². The number of carbonyl (C=O) groups excluding carboxylic acids is 1. The van der Waals surface area contributed by atoms with E-state index in [4.69, 9.17) is 5.14 Å². The molecule has 0 saturated carbocycles. The first-order chi connectivity index (χ1) is 12.8. The maximum absolute atomic E-state index is 13.0. The lowest BCUT2D eigenvalue weighted by molar-refractivity contribution is -0.892. The zero-order valence-electron chi connectivity index (χ0n) is 14.7. The van der Waals surface area contributed by atoms with E-state index < -0.39 is 10.0 Å². The van der Waals surface area contributed by atoms with E-state index in [1.165, 1.54) is 36.4 Å². The van der Waals surface area contributed by atoms with Gasteiger partial charge in [-0.05, 0) is 48.5 Å². The number of benzene rings is 2. The average Bonchev–Trinajstić information content (AvgIpc) is 2.63. The summed E-state index contributed by atoms with van der Waals surface area (Å²) in [6.07, 6.45) is 0. The van der Waals surface area contributed by atoms with Crippen molar-refractivity contribution in [3.8, 4) is 0 Å². The molecule has 2 aromatic rings. The molecular formula is C18H22FN4O3S+. The van der Waals surface area contributed by atoms with Gasteiger partial charge in [-0.2, -0.15) is 0 Å². The van der Waals surface area contributed by atoms with Crippen molar-refractivity contribution in [2.24, 2.45) is 5.14 Å². The quantitative estimate of drug-likeness (QED) is 0.656. The number of primary sulfonamides is 1. The van der Waals surface area contributed by atoms with E-state index in [1.54, 1.807) is 12.1 Å². The highest BCUT2D eigenvalue weighted by atomic mass is 32.2. The highest BCUT2D eigenvalue weighted by Crippen LogP contribution is 2.14. The van der Waals surface area contributed by atoms with E-state index in [1.807, 2.05) is 0 Å². The van der Waals surface area contributed by atoms with E-state index >= 15 is 0 Å². The van der Waals surface area contributed by atoms with Gasteiger partial charge in [0.15, 0.2) is 6.54 Å². The van der Waals surface area contributed by atoms with Gasteiger partial charge in [-0.1, -0.05) is 0 Å². The summed E-state index contributed by atoms with van der Waals surface area (Å²) >= 11 is 0. The van der Waals surface area contributed by atoms with Gasteiger partial charge < -0.3 is 15.1 Å². The summed E-state index contributed by atoms with van der Waals surface area (Å²) in [5, 5.41) is 7.82. The van der Waals surface area contributed by atoms with Gasteiger partial charge in [0.25, 0.3) is 5.91 Å². The molecule has 0 aliphatic carbocycles. The highest BCUT2D eigenvalue weighted by molar-refractivity contribution is 7.89. The molecule has 1 saturated heterocycles. The second-order valence-corrected chi connectivity index (χ2v) is 8.07. The Labute approximate surface area is 157 Å². The molecule has 144 valence electrons. The zero-order valence-corrected chi connectivity index (χ0v) is 15.5. The molecule has 7 nitrogen and oxygen atoms in total. The molecule has 2 aromatic carbocycles. The number of nitrogens with zero attached hydrogens (tertiary/aromatic N) is 1. The molecule has 1 amide bonds. The SMILES string of the molecule is NS(=O)(=O)c1ccc(NC(=O)C[NH+]2CCN(c3ccc(F)cc3)CC2)cc1. The standard InChI is InChI=1S/C18H21FN4O3S/c19-14-1-5-16(6-2-14)23-11-9-22(10-12-23)13-18(24)21-15-3-7-17(8-4-15)27(20,25)26/h1-8H,9-13H2,(H,21,24)(H2,20,25,26)/p+1. The van der Waals surface area contributed by atoms with Crippen LogP contribution in [0.4, 0.5) is 15.8 Å². The van der Waals surface area contributed by atoms with Gasteiger partial charge in [0.1, 0.15) is 5.82 Å². The van der Waals surface area contributed by atoms with Crippen molar-refractivity contribution in [3.05, 3.63) is 54.3 Å². The van der Waals surface area contributed by atoms with Crippen LogP contribution in [0.3, 0.4) is 0 Å². The number of hydrogen-bond acceptors (Lipinski definition) is 4. The largest absolute Gasteiger partial charge is 0.360 e. The van der Waals surface area contributed by atoms with Crippen LogP contribution < -0.4 is 20.3 Å². The summed E-state index contributed by atoms with van der Waals surface area (Å²) in [5.41, 5.74) is 1.51. The Morgan fingerprint density at radius 1 is 1.07 bits per heavy atom. The predicted molar refractivity (Wildman–Crippen MR) is 101 cm³/mol. The Kier molecular flexibility index (Phi) is 5.73. The number of quaternary nitrogens is 1. The Balaban J connectivity index is 1.48. The summed E-state index contributed by atoms with van der Waals surface area (Å²) in [5.74, 6) is -0.389. The summed E-state index contributed by atoms with van der Waals surface area (Å²) in [6.45, 7) is 3.51. The summed E-state index contributed by atoms with van der Waals surface area (Å²) in [6, 6.07) is 12.2. The molecule has 0 unspecified atom stereocenters. The maximum Gasteiger partial charge on any atom is 0.279 e. The Morgan fingerprint density at radius 3 is 2.22 bits per heavy atom. The van der Waals surface area contributed by atoms with Crippen LogP contribution in [0.1, 0.15) is 0 Å². The summed E-state index contributed by atoms with van der Waals surface area (Å²) in [4.78, 5) is 15.6. The third-order valence-electron chi connectivity index (χ3n) is 4.54. The first-order valence-corrected chi connectivity index (χ1v) is 10.1. The molecule has 1 heterocycles. The molecule has 0 radical (unpaired) electrons. The Bertz CT molecular complexity index is 893. The Morgan fingerprint density at radius 2 is 1.67 bits per heavy atom. The van der Waals surface area contributed by atoms with Crippen LogP contribution in [-0.4, -0.2) is 47.0 Å². The van der Waals surface area contributed by atoms with Gasteiger partial charge in [-0.3, -0.25) is 4.79 Å². The van der Waals surface area contributed by atoms with E-state index in [0.717, 1.165) is 36.8 Å². The molecule has 0 spiro atoms. The average molecular weight is 393 g/mol. The van der Waals surface area contributed by atoms with Crippen molar-refractivity contribution in [2.45, 2.75) is 4.90 Å². The predicted octanol–water partition coefficient (Wildman–Crippen LogP) is -0.183. The topological polar surface area (TPSA) is 96.9 Å². The lowest BCUT2D eigenvalue weighted by Gasteiger charge is -2.33. The minimum Gasteiger partial charge on any atom is -0.360 e. The van der Waals surface area contributed by atoms with Crippen molar-refractivity contribution in [2.75, 3.05) is 42.9 Å². The van der Waals surface area contributed by atoms with Crippen LogP contribution >= 0.6 is 0 Å². The second-order valence-electron chi connectivity index (χ2n) is 6.51. The number of hydrogen-bond donors (Lipinski definition) is 3. The third-order valence-corrected chi connectivity index (χ3v) is 5.47. The van der Waals surface area contributed by atoms with Crippen LogP contribution in [0.15, 0.2) is 53.4 Å². The van der Waals surface area contributed by atoms with Gasteiger partial charge >= 0.3 is 0 Å². The van der Waals surface area contributed by atoms with E-state index in [2.05, 4.69) is 10.2 Å². The molecular weight excluding hydrogens is 371 g/mol. The van der Waals surface area contributed by atoms with Crippen LogP contribution in [-0.2, 0) is 14.8 Å². The molecule has 0 bridgehead atoms.